The van der Waals surface area contributed by atoms with Gasteiger partial charge in [0.15, 0.2) is 0 Å². The minimum absolute atomic E-state index is 0.186. The molecule has 0 aliphatic carbocycles. The van der Waals surface area contributed by atoms with Gasteiger partial charge < -0.3 is 5.32 Å². The molecule has 5 nitrogen and oxygen atoms in total. The lowest BCUT2D eigenvalue weighted by molar-refractivity contribution is 0.473. The Morgan fingerprint density at radius 3 is 2.69 bits per heavy atom. The molecule has 0 aromatic carbocycles. The van der Waals surface area contributed by atoms with E-state index < -0.39 is 0 Å². The van der Waals surface area contributed by atoms with E-state index in [-0.39, 0.29) is 11.6 Å². The number of nitrogens with two attached hydrogens (primary N) is 1. The third kappa shape index (κ3) is 3.46. The Balaban J connectivity index is 2.79. The molecule has 0 fully saturated rings. The molecular weight excluding hydrogens is 222 g/mol. The van der Waals surface area contributed by atoms with Crippen molar-refractivity contribution in [1.29, 1.82) is 0 Å². The highest BCUT2D eigenvalue weighted by molar-refractivity contribution is 7.09. The molecule has 90 valence electrons. The van der Waals surface area contributed by atoms with Gasteiger partial charge in [0.05, 0.1) is 5.54 Å². The third-order valence-electron chi connectivity index (χ3n) is 1.92. The molecule has 0 radical (unpaired) electrons. The highest BCUT2D eigenvalue weighted by atomic mass is 32.1. The zero-order valence-corrected chi connectivity index (χ0v) is 10.9. The van der Waals surface area contributed by atoms with Gasteiger partial charge in [0.25, 0.3) is 0 Å². The number of hydrogen-bond donors (Lipinski definition) is 3. The molecule has 6 heteroatoms. The lowest BCUT2D eigenvalue weighted by atomic mass is 10.1. The lowest BCUT2D eigenvalue weighted by Gasteiger charge is -2.25. The fraction of sp³-hybridized carbons (Fsp3) is 0.600. The molecule has 1 aromatic rings. The molecule has 4 N–H and O–H groups in total. The highest BCUT2D eigenvalue weighted by Crippen LogP contribution is 2.21. The second-order valence-electron chi connectivity index (χ2n) is 4.30. The highest BCUT2D eigenvalue weighted by Gasteiger charge is 2.24. The molecule has 0 atom stereocenters. The summed E-state index contributed by atoms with van der Waals surface area (Å²) in [4.78, 5) is 8.62. The van der Waals surface area contributed by atoms with Gasteiger partial charge in [0.1, 0.15) is 5.01 Å². The van der Waals surface area contributed by atoms with E-state index in [0.717, 1.165) is 5.01 Å². The first-order valence-electron chi connectivity index (χ1n) is 5.18. The quantitative estimate of drug-likeness (QED) is 0.322. The van der Waals surface area contributed by atoms with Gasteiger partial charge in [0.2, 0.25) is 5.96 Å². The van der Waals surface area contributed by atoms with E-state index in [1.165, 1.54) is 0 Å². The van der Waals surface area contributed by atoms with Crippen LogP contribution in [0, 0.1) is 0 Å². The van der Waals surface area contributed by atoms with Gasteiger partial charge in [-0.3, -0.25) is 5.43 Å². The van der Waals surface area contributed by atoms with Gasteiger partial charge in [-0.2, -0.15) is 0 Å². The molecule has 0 aliphatic heterocycles. The van der Waals surface area contributed by atoms with Gasteiger partial charge in [-0.1, -0.05) is 0 Å². The van der Waals surface area contributed by atoms with Crippen LogP contribution in [0.5, 0.6) is 0 Å². The average Bonchev–Trinajstić information content (AvgIpc) is 2.68. The largest absolute Gasteiger partial charge is 0.344 e. The summed E-state index contributed by atoms with van der Waals surface area (Å²) in [7, 11) is 0. The summed E-state index contributed by atoms with van der Waals surface area (Å²) >= 11 is 1.60. The first-order chi connectivity index (χ1) is 7.45. The maximum Gasteiger partial charge on any atom is 0.206 e. The minimum Gasteiger partial charge on any atom is -0.344 e. The monoisotopic (exact) mass is 241 g/mol. The van der Waals surface area contributed by atoms with Crippen LogP contribution in [-0.2, 0) is 5.54 Å². The molecular formula is C10H19N5S. The van der Waals surface area contributed by atoms with E-state index >= 15 is 0 Å². The van der Waals surface area contributed by atoms with Crippen LogP contribution < -0.4 is 16.6 Å². The molecule has 0 saturated heterocycles. The van der Waals surface area contributed by atoms with Crippen LogP contribution in [0.15, 0.2) is 16.6 Å². The van der Waals surface area contributed by atoms with E-state index in [1.807, 2.05) is 33.1 Å². The Bertz CT molecular complexity index is 342. The van der Waals surface area contributed by atoms with Crippen molar-refractivity contribution >= 4 is 17.3 Å². The van der Waals surface area contributed by atoms with Crippen LogP contribution in [-0.4, -0.2) is 17.0 Å². The van der Waals surface area contributed by atoms with E-state index in [1.54, 1.807) is 17.5 Å². The van der Waals surface area contributed by atoms with Crippen molar-refractivity contribution in [2.75, 3.05) is 0 Å². The normalized spacial score (nSPS) is 13.0. The van der Waals surface area contributed by atoms with Crippen molar-refractivity contribution in [2.45, 2.75) is 39.3 Å². The maximum absolute atomic E-state index is 5.42. The SMILES string of the molecule is CC(C)N=C(NN)NC(C)(C)c1nccs1. The average molecular weight is 241 g/mol. The van der Waals surface area contributed by atoms with Crippen LogP contribution in [0.4, 0.5) is 0 Å². The lowest BCUT2D eigenvalue weighted by Crippen LogP contribution is -2.50. The second kappa shape index (κ2) is 5.27. The van der Waals surface area contributed by atoms with Gasteiger partial charge in [0, 0.05) is 17.6 Å². The number of aliphatic imine (C=N–C) groups is 1. The summed E-state index contributed by atoms with van der Waals surface area (Å²) in [5.41, 5.74) is 2.28. The number of nitrogens with zero attached hydrogens (tertiary/aromatic N) is 2. The van der Waals surface area contributed by atoms with Crippen LogP contribution in [0.3, 0.4) is 0 Å². The zero-order chi connectivity index (χ0) is 12.2. The summed E-state index contributed by atoms with van der Waals surface area (Å²) in [6, 6.07) is 0.186. The number of hydrazine groups is 1. The predicted molar refractivity (Wildman–Crippen MR) is 68.2 cm³/mol. The van der Waals surface area contributed by atoms with E-state index in [9.17, 15) is 0 Å². The third-order valence-corrected chi connectivity index (χ3v) is 3.02. The molecule has 0 saturated carbocycles. The predicted octanol–water partition coefficient (Wildman–Crippen LogP) is 1.20. The number of thiazole rings is 1. The van der Waals surface area contributed by atoms with E-state index in [0.29, 0.717) is 5.96 Å². The van der Waals surface area contributed by atoms with Gasteiger partial charge >= 0.3 is 0 Å². The Hall–Kier alpha value is -1.14. The van der Waals surface area contributed by atoms with Crippen molar-refractivity contribution in [3.8, 4) is 0 Å². The first-order valence-corrected chi connectivity index (χ1v) is 6.06. The molecule has 1 rings (SSSR count). The molecule has 1 heterocycles. The number of rotatable bonds is 3. The van der Waals surface area contributed by atoms with Crippen LogP contribution in [0.1, 0.15) is 32.7 Å². The number of aromatic nitrogens is 1. The van der Waals surface area contributed by atoms with Crippen LogP contribution >= 0.6 is 11.3 Å². The Labute approximate surface area is 100 Å². The van der Waals surface area contributed by atoms with Crippen molar-refractivity contribution in [2.24, 2.45) is 10.8 Å². The van der Waals surface area contributed by atoms with Gasteiger partial charge in [-0.15, -0.1) is 11.3 Å². The second-order valence-corrected chi connectivity index (χ2v) is 5.20. The molecule has 0 amide bonds. The zero-order valence-electron chi connectivity index (χ0n) is 10.1. The van der Waals surface area contributed by atoms with E-state index in [4.69, 9.17) is 5.84 Å². The fourth-order valence-electron chi connectivity index (χ4n) is 1.25. The Morgan fingerprint density at radius 1 is 1.56 bits per heavy atom. The molecule has 0 bridgehead atoms. The molecule has 1 aromatic heterocycles. The minimum atomic E-state index is -0.283. The van der Waals surface area contributed by atoms with Crippen molar-refractivity contribution < 1.29 is 0 Å². The molecule has 16 heavy (non-hydrogen) atoms. The summed E-state index contributed by atoms with van der Waals surface area (Å²) in [5, 5.41) is 6.19. The number of hydrogen-bond acceptors (Lipinski definition) is 4. The first kappa shape index (κ1) is 12.9. The van der Waals surface area contributed by atoms with Crippen molar-refractivity contribution in [3.63, 3.8) is 0 Å². The fourth-order valence-corrected chi connectivity index (χ4v) is 1.96. The topological polar surface area (TPSA) is 75.3 Å². The molecule has 0 spiro atoms. The summed E-state index contributed by atoms with van der Waals surface area (Å²) in [5.74, 6) is 6.00. The molecule has 0 aliphatic rings. The van der Waals surface area contributed by atoms with E-state index in [2.05, 4.69) is 20.7 Å². The summed E-state index contributed by atoms with van der Waals surface area (Å²) < 4.78 is 0. The Morgan fingerprint density at radius 2 is 2.25 bits per heavy atom. The van der Waals surface area contributed by atoms with Gasteiger partial charge in [-0.25, -0.2) is 15.8 Å². The summed E-state index contributed by atoms with van der Waals surface area (Å²) in [6.45, 7) is 8.07. The van der Waals surface area contributed by atoms with Crippen molar-refractivity contribution in [3.05, 3.63) is 16.6 Å². The van der Waals surface area contributed by atoms with Crippen molar-refractivity contribution in [1.82, 2.24) is 15.7 Å². The molecule has 0 unspecified atom stereocenters. The standard InChI is InChI=1S/C10H19N5S/c1-7(2)13-9(15-11)14-10(3,4)8-12-5-6-16-8/h5-7H,11H2,1-4H3,(H2,13,14,15). The summed E-state index contributed by atoms with van der Waals surface area (Å²) in [6.07, 6.45) is 1.79. The smallest absolute Gasteiger partial charge is 0.206 e. The Kier molecular flexibility index (Phi) is 4.26. The van der Waals surface area contributed by atoms with Crippen LogP contribution in [0.25, 0.3) is 0 Å². The maximum atomic E-state index is 5.42. The number of nitrogens with one attached hydrogen (secondary N) is 2. The van der Waals surface area contributed by atoms with Crippen LogP contribution in [0.2, 0.25) is 0 Å². The number of guanidine groups is 1. The van der Waals surface area contributed by atoms with Gasteiger partial charge in [-0.05, 0) is 27.7 Å².